The molecule has 1 aromatic rings. The van der Waals surface area contributed by atoms with Gasteiger partial charge >= 0.3 is 0 Å². The molecule has 5 nitrogen and oxygen atoms in total. The van der Waals surface area contributed by atoms with Crippen LogP contribution in [0.25, 0.3) is 0 Å². The maximum Gasteiger partial charge on any atom is 0.243 e. The first-order chi connectivity index (χ1) is 12.0. The fourth-order valence-corrected chi connectivity index (χ4v) is 5.74. The van der Waals surface area contributed by atoms with Gasteiger partial charge < -0.3 is 4.74 Å². The van der Waals surface area contributed by atoms with Gasteiger partial charge in [0.25, 0.3) is 0 Å². The Kier molecular flexibility index (Phi) is 6.02. The van der Waals surface area contributed by atoms with Crippen LogP contribution in [0.1, 0.15) is 44.1 Å². The van der Waals surface area contributed by atoms with Gasteiger partial charge in [0, 0.05) is 32.2 Å². The van der Waals surface area contributed by atoms with E-state index < -0.39 is 10.0 Å². The molecular weight excluding hydrogens is 336 g/mol. The molecule has 2 aliphatic rings. The molecule has 3 rings (SSSR count). The highest BCUT2D eigenvalue weighted by molar-refractivity contribution is 7.89. The van der Waals surface area contributed by atoms with Crippen LogP contribution >= 0.6 is 0 Å². The summed E-state index contributed by atoms with van der Waals surface area (Å²) in [4.78, 5) is 2.91. The number of hydrogen-bond donors (Lipinski definition) is 0. The van der Waals surface area contributed by atoms with Crippen molar-refractivity contribution in [1.82, 2.24) is 9.21 Å². The molecular formula is C19H30N2O3S. The first-order valence-electron chi connectivity index (χ1n) is 9.41. The summed E-state index contributed by atoms with van der Waals surface area (Å²) in [6.45, 7) is 4.70. The predicted octanol–water partition coefficient (Wildman–Crippen LogP) is 3.03. The lowest BCUT2D eigenvalue weighted by atomic mass is 10.1. The number of nitrogens with zero attached hydrogens (tertiary/aromatic N) is 2. The summed E-state index contributed by atoms with van der Waals surface area (Å²) in [5.41, 5.74) is 0.741. The molecule has 1 aromatic carbocycles. The highest BCUT2D eigenvalue weighted by Crippen LogP contribution is 2.27. The van der Waals surface area contributed by atoms with E-state index in [2.05, 4.69) is 4.90 Å². The van der Waals surface area contributed by atoms with Gasteiger partial charge in [-0.2, -0.15) is 4.31 Å². The lowest BCUT2D eigenvalue weighted by Gasteiger charge is -2.38. The van der Waals surface area contributed by atoms with Crippen molar-refractivity contribution in [2.75, 3.05) is 33.3 Å². The minimum atomic E-state index is -3.43. The molecule has 2 fully saturated rings. The van der Waals surface area contributed by atoms with Crippen molar-refractivity contribution >= 4 is 10.0 Å². The monoisotopic (exact) mass is 366 g/mol. The number of aryl methyl sites for hydroxylation is 1. The van der Waals surface area contributed by atoms with Gasteiger partial charge in [-0.15, -0.1) is 0 Å². The Hall–Kier alpha value is -1.11. The molecule has 0 spiro atoms. The molecule has 6 heteroatoms. The van der Waals surface area contributed by atoms with E-state index in [-0.39, 0.29) is 0 Å². The van der Waals surface area contributed by atoms with Gasteiger partial charge in [-0.3, -0.25) is 4.90 Å². The summed E-state index contributed by atoms with van der Waals surface area (Å²) >= 11 is 0. The fraction of sp³-hybridized carbons (Fsp3) is 0.684. The van der Waals surface area contributed by atoms with Crippen LogP contribution in [0.2, 0.25) is 0 Å². The second-order valence-corrected chi connectivity index (χ2v) is 9.12. The molecule has 1 saturated heterocycles. The zero-order valence-corrected chi connectivity index (χ0v) is 16.2. The zero-order valence-electron chi connectivity index (χ0n) is 15.4. The van der Waals surface area contributed by atoms with E-state index in [4.69, 9.17) is 4.74 Å². The van der Waals surface area contributed by atoms with E-state index in [1.807, 2.05) is 6.92 Å². The number of benzene rings is 1. The van der Waals surface area contributed by atoms with E-state index in [1.54, 1.807) is 29.6 Å². The third kappa shape index (κ3) is 4.18. The third-order valence-corrected chi connectivity index (χ3v) is 7.67. The number of hydrogen-bond acceptors (Lipinski definition) is 4. The van der Waals surface area contributed by atoms with Gasteiger partial charge in [-0.05, 0) is 43.5 Å². The molecule has 0 unspecified atom stereocenters. The standard InChI is InChI=1S/C19H30N2O3S/c1-16-15-18(24-2)9-10-19(16)25(22,23)21-13-11-20(12-14-21)17-7-5-3-4-6-8-17/h9-10,15,17H,3-8,11-14H2,1-2H3. The lowest BCUT2D eigenvalue weighted by Crippen LogP contribution is -2.51. The molecule has 1 saturated carbocycles. The van der Waals surface area contributed by atoms with Crippen molar-refractivity contribution in [3.05, 3.63) is 23.8 Å². The molecule has 25 heavy (non-hydrogen) atoms. The molecule has 1 aliphatic heterocycles. The van der Waals surface area contributed by atoms with Crippen LogP contribution in [0.3, 0.4) is 0 Å². The Morgan fingerprint density at radius 1 is 1.00 bits per heavy atom. The predicted molar refractivity (Wildman–Crippen MR) is 99.6 cm³/mol. The van der Waals surface area contributed by atoms with Crippen molar-refractivity contribution in [1.29, 1.82) is 0 Å². The number of sulfonamides is 1. The summed E-state index contributed by atoms with van der Waals surface area (Å²) < 4.78 is 32.9. The lowest BCUT2D eigenvalue weighted by molar-refractivity contribution is 0.126. The second kappa shape index (κ2) is 8.06. The molecule has 1 aliphatic carbocycles. The average molecular weight is 367 g/mol. The molecule has 0 atom stereocenters. The molecule has 0 amide bonds. The molecule has 0 radical (unpaired) electrons. The first-order valence-corrected chi connectivity index (χ1v) is 10.9. The van der Waals surface area contributed by atoms with Crippen LogP contribution in [0, 0.1) is 6.92 Å². The topological polar surface area (TPSA) is 49.9 Å². The van der Waals surface area contributed by atoms with Crippen molar-refractivity contribution in [2.24, 2.45) is 0 Å². The van der Waals surface area contributed by atoms with Gasteiger partial charge in [-0.25, -0.2) is 8.42 Å². The zero-order chi connectivity index (χ0) is 17.9. The SMILES string of the molecule is COc1ccc(S(=O)(=O)N2CCN(C3CCCCCC3)CC2)c(C)c1. The molecule has 0 aromatic heterocycles. The highest BCUT2D eigenvalue weighted by atomic mass is 32.2. The number of rotatable bonds is 4. The molecule has 0 N–H and O–H groups in total. The Labute approximate surface area is 152 Å². The van der Waals surface area contributed by atoms with E-state index in [0.29, 0.717) is 29.8 Å². The van der Waals surface area contributed by atoms with Crippen LogP contribution in [-0.2, 0) is 10.0 Å². The van der Waals surface area contributed by atoms with Gasteiger partial charge in [-0.1, -0.05) is 25.7 Å². The second-order valence-electron chi connectivity index (χ2n) is 7.22. The van der Waals surface area contributed by atoms with E-state index in [9.17, 15) is 8.42 Å². The normalized spacial score (nSPS) is 21.8. The third-order valence-electron chi connectivity index (χ3n) is 5.61. The van der Waals surface area contributed by atoms with Crippen LogP contribution in [0.15, 0.2) is 23.1 Å². The number of methoxy groups -OCH3 is 1. The highest BCUT2D eigenvalue weighted by Gasteiger charge is 2.32. The maximum atomic E-state index is 13.0. The van der Waals surface area contributed by atoms with Crippen molar-refractivity contribution in [2.45, 2.75) is 56.4 Å². The van der Waals surface area contributed by atoms with Crippen molar-refractivity contribution < 1.29 is 13.2 Å². The van der Waals surface area contributed by atoms with E-state index in [0.717, 1.165) is 18.7 Å². The summed E-state index contributed by atoms with van der Waals surface area (Å²) in [5.74, 6) is 0.689. The quantitative estimate of drug-likeness (QED) is 0.769. The molecule has 140 valence electrons. The van der Waals surface area contributed by atoms with Crippen LogP contribution < -0.4 is 4.74 Å². The Morgan fingerprint density at radius 2 is 1.64 bits per heavy atom. The van der Waals surface area contributed by atoms with Gasteiger partial charge in [0.05, 0.1) is 12.0 Å². The van der Waals surface area contributed by atoms with Gasteiger partial charge in [0.15, 0.2) is 0 Å². The molecule has 0 bridgehead atoms. The summed E-state index contributed by atoms with van der Waals surface area (Å²) in [5, 5.41) is 0. The Morgan fingerprint density at radius 3 is 2.20 bits per heavy atom. The van der Waals surface area contributed by atoms with E-state index in [1.165, 1.54) is 38.5 Å². The maximum absolute atomic E-state index is 13.0. The van der Waals surface area contributed by atoms with Crippen LogP contribution in [-0.4, -0.2) is 57.0 Å². The summed E-state index contributed by atoms with van der Waals surface area (Å²) in [6.07, 6.45) is 7.86. The smallest absolute Gasteiger partial charge is 0.243 e. The fourth-order valence-electron chi connectivity index (χ4n) is 4.11. The van der Waals surface area contributed by atoms with Gasteiger partial charge in [0.2, 0.25) is 10.0 Å². The van der Waals surface area contributed by atoms with Crippen molar-refractivity contribution in [3.63, 3.8) is 0 Å². The number of ether oxygens (including phenoxy) is 1. The Bertz CT molecular complexity index is 674. The first kappa shape index (κ1) is 18.7. The summed E-state index contributed by atoms with van der Waals surface area (Å²) in [6, 6.07) is 5.83. The summed E-state index contributed by atoms with van der Waals surface area (Å²) in [7, 11) is -1.83. The minimum absolute atomic E-state index is 0.399. The van der Waals surface area contributed by atoms with Crippen LogP contribution in [0.5, 0.6) is 5.75 Å². The average Bonchev–Trinajstić information content (AvgIpc) is 2.91. The number of piperazine rings is 1. The molecule has 1 heterocycles. The van der Waals surface area contributed by atoms with Crippen molar-refractivity contribution in [3.8, 4) is 5.75 Å². The van der Waals surface area contributed by atoms with E-state index >= 15 is 0 Å². The largest absolute Gasteiger partial charge is 0.497 e. The minimum Gasteiger partial charge on any atom is -0.497 e. The van der Waals surface area contributed by atoms with Crippen LogP contribution in [0.4, 0.5) is 0 Å². The Balaban J connectivity index is 1.67. The van der Waals surface area contributed by atoms with Gasteiger partial charge in [0.1, 0.15) is 5.75 Å².